The van der Waals surface area contributed by atoms with Gasteiger partial charge >= 0.3 is 6.18 Å². The Bertz CT molecular complexity index is 807. The van der Waals surface area contributed by atoms with Crippen LogP contribution in [-0.2, 0) is 11.0 Å². The fourth-order valence-corrected chi connectivity index (χ4v) is 2.36. The van der Waals surface area contributed by atoms with Crippen LogP contribution in [0.5, 0.6) is 0 Å². The first-order valence-corrected chi connectivity index (χ1v) is 8.33. The van der Waals surface area contributed by atoms with Crippen molar-refractivity contribution in [2.24, 2.45) is 0 Å². The van der Waals surface area contributed by atoms with Gasteiger partial charge < -0.3 is 16.0 Å². The second kappa shape index (κ2) is 9.18. The molecule has 2 aromatic carbocycles. The van der Waals surface area contributed by atoms with E-state index >= 15 is 0 Å². The fourth-order valence-electron chi connectivity index (χ4n) is 2.36. The number of rotatable bonds is 7. The Morgan fingerprint density at radius 1 is 0.963 bits per heavy atom. The highest BCUT2D eigenvalue weighted by Crippen LogP contribution is 2.30. The smallest absolute Gasteiger partial charge is 0.326 e. The van der Waals surface area contributed by atoms with Crippen LogP contribution >= 0.6 is 0 Å². The molecular formula is C19H20F3N3O2. The maximum atomic E-state index is 12.8. The van der Waals surface area contributed by atoms with E-state index in [1.807, 2.05) is 0 Å². The lowest BCUT2D eigenvalue weighted by atomic mass is 10.1. The largest absolute Gasteiger partial charge is 0.416 e. The quantitative estimate of drug-likeness (QED) is 0.639. The first-order chi connectivity index (χ1) is 12.8. The van der Waals surface area contributed by atoms with Crippen LogP contribution in [0.1, 0.15) is 28.8 Å². The van der Waals surface area contributed by atoms with Crippen molar-refractivity contribution in [1.29, 1.82) is 0 Å². The summed E-state index contributed by atoms with van der Waals surface area (Å²) >= 11 is 0. The Labute approximate surface area is 155 Å². The van der Waals surface area contributed by atoms with E-state index in [4.69, 9.17) is 0 Å². The van der Waals surface area contributed by atoms with Crippen LogP contribution in [0.25, 0.3) is 0 Å². The molecule has 8 heteroatoms. The van der Waals surface area contributed by atoms with Gasteiger partial charge in [0.15, 0.2) is 0 Å². The van der Waals surface area contributed by atoms with Crippen LogP contribution in [0.4, 0.5) is 24.5 Å². The number of hydrogen-bond acceptors (Lipinski definition) is 3. The number of halogens is 3. The van der Waals surface area contributed by atoms with Crippen molar-refractivity contribution in [3.8, 4) is 0 Å². The third kappa shape index (κ3) is 6.41. The van der Waals surface area contributed by atoms with Crippen molar-refractivity contribution in [2.45, 2.75) is 19.0 Å². The number of hydrogen-bond donors (Lipinski definition) is 3. The predicted molar refractivity (Wildman–Crippen MR) is 97.6 cm³/mol. The van der Waals surface area contributed by atoms with Crippen molar-refractivity contribution in [3.05, 3.63) is 59.7 Å². The molecule has 0 saturated carbocycles. The van der Waals surface area contributed by atoms with Crippen molar-refractivity contribution >= 4 is 23.2 Å². The highest BCUT2D eigenvalue weighted by atomic mass is 19.4. The van der Waals surface area contributed by atoms with Gasteiger partial charge in [0.25, 0.3) is 5.91 Å². The predicted octanol–water partition coefficient (Wildman–Crippen LogP) is 3.90. The zero-order valence-corrected chi connectivity index (χ0v) is 14.7. The average Bonchev–Trinajstić information content (AvgIpc) is 2.61. The summed E-state index contributed by atoms with van der Waals surface area (Å²) in [6, 6.07) is 10.6. The second-order valence-corrected chi connectivity index (χ2v) is 5.87. The highest BCUT2D eigenvalue weighted by molar-refractivity contribution is 6.05. The van der Waals surface area contributed by atoms with Crippen molar-refractivity contribution in [2.75, 3.05) is 24.2 Å². The number of carbonyl (C=O) groups is 2. The molecule has 0 aromatic heterocycles. The molecule has 2 aromatic rings. The number of benzene rings is 2. The van der Waals surface area contributed by atoms with Gasteiger partial charge in [0, 0.05) is 23.4 Å². The molecule has 0 saturated heterocycles. The lowest BCUT2D eigenvalue weighted by Crippen LogP contribution is -2.16. The molecule has 27 heavy (non-hydrogen) atoms. The second-order valence-electron chi connectivity index (χ2n) is 5.87. The van der Waals surface area contributed by atoms with Gasteiger partial charge in [-0.3, -0.25) is 9.59 Å². The Morgan fingerprint density at radius 3 is 2.30 bits per heavy atom. The Balaban J connectivity index is 2.04. The van der Waals surface area contributed by atoms with E-state index in [0.717, 1.165) is 12.1 Å². The van der Waals surface area contributed by atoms with E-state index in [1.165, 1.54) is 24.3 Å². The van der Waals surface area contributed by atoms with Crippen molar-refractivity contribution in [1.82, 2.24) is 5.32 Å². The number of anilines is 2. The molecule has 0 heterocycles. The standard InChI is InChI=1S/C19H20F3N3O2/c1-23-10-4-9-17(26)24-15-7-2-5-13(11-15)18(27)25-16-8-3-6-14(12-16)19(20,21)22/h2-3,5-8,11-12,23H,4,9-10H2,1H3,(H,24,26)(H,25,27). The average molecular weight is 379 g/mol. The molecule has 0 atom stereocenters. The van der Waals surface area contributed by atoms with Gasteiger partial charge in [0.2, 0.25) is 5.91 Å². The molecule has 2 amide bonds. The zero-order valence-electron chi connectivity index (χ0n) is 14.7. The Hall–Kier alpha value is -2.87. The topological polar surface area (TPSA) is 70.2 Å². The third-order valence-electron chi connectivity index (χ3n) is 3.69. The molecular weight excluding hydrogens is 359 g/mol. The molecule has 0 aliphatic heterocycles. The van der Waals surface area contributed by atoms with E-state index < -0.39 is 17.6 Å². The summed E-state index contributed by atoms with van der Waals surface area (Å²) in [5, 5.41) is 8.07. The lowest BCUT2D eigenvalue weighted by molar-refractivity contribution is -0.137. The maximum absolute atomic E-state index is 12.8. The third-order valence-corrected chi connectivity index (χ3v) is 3.69. The summed E-state index contributed by atoms with van der Waals surface area (Å²) in [5.41, 5.74) is -0.138. The van der Waals surface area contributed by atoms with Gasteiger partial charge in [-0.2, -0.15) is 13.2 Å². The molecule has 0 unspecified atom stereocenters. The highest BCUT2D eigenvalue weighted by Gasteiger charge is 2.30. The van der Waals surface area contributed by atoms with Gasteiger partial charge in [0.1, 0.15) is 0 Å². The van der Waals surface area contributed by atoms with Gasteiger partial charge in [-0.15, -0.1) is 0 Å². The first-order valence-electron chi connectivity index (χ1n) is 8.33. The summed E-state index contributed by atoms with van der Waals surface area (Å²) in [7, 11) is 1.80. The molecule has 0 aliphatic rings. The minimum atomic E-state index is -4.49. The van der Waals surface area contributed by atoms with Crippen LogP contribution in [0, 0.1) is 0 Å². The van der Waals surface area contributed by atoms with E-state index in [9.17, 15) is 22.8 Å². The van der Waals surface area contributed by atoms with Gasteiger partial charge in [-0.25, -0.2) is 0 Å². The summed E-state index contributed by atoms with van der Waals surface area (Å²) in [4.78, 5) is 24.2. The summed E-state index contributed by atoms with van der Waals surface area (Å²) in [5.74, 6) is -0.749. The van der Waals surface area contributed by atoms with E-state index in [-0.39, 0.29) is 17.2 Å². The molecule has 0 spiro atoms. The molecule has 0 aliphatic carbocycles. The molecule has 144 valence electrons. The number of carbonyl (C=O) groups excluding carboxylic acids is 2. The maximum Gasteiger partial charge on any atom is 0.416 e. The first kappa shape index (κ1) is 20.4. The summed E-state index contributed by atoms with van der Waals surface area (Å²) in [6.07, 6.45) is -3.47. The van der Waals surface area contributed by atoms with Gasteiger partial charge in [0.05, 0.1) is 5.56 Å². The lowest BCUT2D eigenvalue weighted by Gasteiger charge is -2.11. The van der Waals surface area contributed by atoms with Crippen LogP contribution < -0.4 is 16.0 Å². The van der Waals surface area contributed by atoms with Crippen LogP contribution in [0.3, 0.4) is 0 Å². The zero-order chi connectivity index (χ0) is 19.9. The minimum absolute atomic E-state index is 0.0383. The number of alkyl halides is 3. The minimum Gasteiger partial charge on any atom is -0.326 e. The summed E-state index contributed by atoms with van der Waals surface area (Å²) in [6.45, 7) is 0.715. The van der Waals surface area contributed by atoms with Crippen LogP contribution in [0.2, 0.25) is 0 Å². The molecule has 0 radical (unpaired) electrons. The molecule has 3 N–H and O–H groups in total. The van der Waals surface area contributed by atoms with E-state index in [1.54, 1.807) is 19.2 Å². The molecule has 2 rings (SSSR count). The SMILES string of the molecule is CNCCCC(=O)Nc1cccc(C(=O)Nc2cccc(C(F)(F)F)c2)c1. The normalized spacial score (nSPS) is 11.1. The summed E-state index contributed by atoms with van der Waals surface area (Å²) < 4.78 is 38.3. The van der Waals surface area contributed by atoms with Crippen LogP contribution in [0.15, 0.2) is 48.5 Å². The molecule has 0 bridgehead atoms. The van der Waals surface area contributed by atoms with Crippen molar-refractivity contribution < 1.29 is 22.8 Å². The molecule has 0 fully saturated rings. The molecule has 5 nitrogen and oxygen atoms in total. The Kier molecular flexibility index (Phi) is 6.95. The van der Waals surface area contributed by atoms with Crippen LogP contribution in [-0.4, -0.2) is 25.4 Å². The fraction of sp³-hybridized carbons (Fsp3) is 0.263. The monoisotopic (exact) mass is 379 g/mol. The van der Waals surface area contributed by atoms with Gasteiger partial charge in [-0.05, 0) is 56.4 Å². The van der Waals surface area contributed by atoms with Crippen molar-refractivity contribution in [3.63, 3.8) is 0 Å². The number of nitrogens with one attached hydrogen (secondary N) is 3. The van der Waals surface area contributed by atoms with E-state index in [2.05, 4.69) is 16.0 Å². The number of amides is 2. The van der Waals surface area contributed by atoms with Gasteiger partial charge in [-0.1, -0.05) is 12.1 Å². The van der Waals surface area contributed by atoms with E-state index in [0.29, 0.717) is 25.1 Å². The Morgan fingerprint density at radius 2 is 1.63 bits per heavy atom.